The fraction of sp³-hybridized carbons (Fsp3) is 0.600. The van der Waals surface area contributed by atoms with Crippen LogP contribution < -0.4 is 0 Å². The van der Waals surface area contributed by atoms with Crippen molar-refractivity contribution in [2.45, 2.75) is 33.2 Å². The molecule has 5 heteroatoms. The van der Waals surface area contributed by atoms with Gasteiger partial charge in [0.2, 0.25) is 5.91 Å². The molecule has 1 fully saturated rings. The molecule has 0 bridgehead atoms. The van der Waals surface area contributed by atoms with E-state index >= 15 is 0 Å². The lowest BCUT2D eigenvalue weighted by atomic mass is 9.95. The van der Waals surface area contributed by atoms with Gasteiger partial charge in [-0.15, -0.1) is 0 Å². The fourth-order valence-corrected chi connectivity index (χ4v) is 3.00. The molecule has 1 aliphatic rings. The zero-order valence-electron chi connectivity index (χ0n) is 12.1. The number of carboxylic acids is 1. The van der Waals surface area contributed by atoms with Gasteiger partial charge in [-0.1, -0.05) is 6.92 Å². The second-order valence-electron chi connectivity index (χ2n) is 5.83. The summed E-state index contributed by atoms with van der Waals surface area (Å²) in [5.74, 6) is -0.132. The number of carbonyl (C=O) groups excluding carboxylic acids is 1. The molecular formula is C15H21NO4. The van der Waals surface area contributed by atoms with E-state index < -0.39 is 17.8 Å². The lowest BCUT2D eigenvalue weighted by molar-refractivity contribution is -0.148. The highest BCUT2D eigenvalue weighted by Crippen LogP contribution is 2.37. The Morgan fingerprint density at radius 3 is 2.55 bits per heavy atom. The van der Waals surface area contributed by atoms with Crippen molar-refractivity contribution in [2.75, 3.05) is 7.05 Å². The molecule has 0 aromatic carbocycles. The van der Waals surface area contributed by atoms with E-state index in [0.717, 1.165) is 11.5 Å². The average Bonchev–Trinajstić information content (AvgIpc) is 2.94. The van der Waals surface area contributed by atoms with Gasteiger partial charge in [0.05, 0.1) is 18.4 Å². The minimum atomic E-state index is -0.866. The summed E-state index contributed by atoms with van der Waals surface area (Å²) >= 11 is 0. The van der Waals surface area contributed by atoms with Crippen molar-refractivity contribution >= 4 is 11.9 Å². The van der Waals surface area contributed by atoms with E-state index in [-0.39, 0.29) is 11.8 Å². The van der Waals surface area contributed by atoms with Gasteiger partial charge >= 0.3 is 5.97 Å². The van der Waals surface area contributed by atoms with Gasteiger partial charge in [0.1, 0.15) is 11.5 Å². The molecule has 1 unspecified atom stereocenters. The third kappa shape index (κ3) is 3.03. The highest BCUT2D eigenvalue weighted by atomic mass is 16.4. The number of rotatable bonds is 4. The van der Waals surface area contributed by atoms with Gasteiger partial charge in [0.25, 0.3) is 0 Å². The minimum absolute atomic E-state index is 0.101. The van der Waals surface area contributed by atoms with Crippen LogP contribution >= 0.6 is 0 Å². The van der Waals surface area contributed by atoms with E-state index in [4.69, 9.17) is 4.42 Å². The average molecular weight is 279 g/mol. The van der Waals surface area contributed by atoms with Gasteiger partial charge < -0.3 is 14.4 Å². The van der Waals surface area contributed by atoms with Crippen molar-refractivity contribution in [3.05, 3.63) is 23.7 Å². The Kier molecular flexibility index (Phi) is 4.16. The summed E-state index contributed by atoms with van der Waals surface area (Å²) in [5, 5.41) is 9.24. The number of carbonyl (C=O) groups is 2. The van der Waals surface area contributed by atoms with Crippen LogP contribution in [-0.2, 0) is 16.1 Å². The summed E-state index contributed by atoms with van der Waals surface area (Å²) in [6.45, 7) is 4.23. The first-order chi connectivity index (χ1) is 9.38. The molecule has 1 amide bonds. The van der Waals surface area contributed by atoms with Crippen LogP contribution in [0.25, 0.3) is 0 Å². The fourth-order valence-electron chi connectivity index (χ4n) is 3.00. The molecule has 3 atom stereocenters. The Labute approximate surface area is 118 Å². The molecule has 1 N–H and O–H groups in total. The molecule has 0 aliphatic heterocycles. The molecule has 0 spiro atoms. The van der Waals surface area contributed by atoms with Crippen LogP contribution in [0.5, 0.6) is 0 Å². The summed E-state index contributed by atoms with van der Waals surface area (Å²) in [6, 6.07) is 3.69. The van der Waals surface area contributed by atoms with Gasteiger partial charge in [-0.25, -0.2) is 0 Å². The Morgan fingerprint density at radius 1 is 1.35 bits per heavy atom. The SMILES string of the molecule is Cc1ccc(CN(C)C(=O)[C@H]2CC(C)C[C@H]2C(=O)O)o1. The van der Waals surface area contributed by atoms with Crippen molar-refractivity contribution in [1.29, 1.82) is 0 Å². The van der Waals surface area contributed by atoms with Crippen molar-refractivity contribution in [3.63, 3.8) is 0 Å². The number of aliphatic carboxylic acids is 1. The quantitative estimate of drug-likeness (QED) is 0.918. The maximum Gasteiger partial charge on any atom is 0.307 e. The van der Waals surface area contributed by atoms with Crippen molar-refractivity contribution in [3.8, 4) is 0 Å². The van der Waals surface area contributed by atoms with Crippen molar-refractivity contribution in [2.24, 2.45) is 17.8 Å². The molecule has 0 radical (unpaired) electrons. The Hall–Kier alpha value is -1.78. The Morgan fingerprint density at radius 2 is 2.00 bits per heavy atom. The predicted molar refractivity (Wildman–Crippen MR) is 72.9 cm³/mol. The summed E-state index contributed by atoms with van der Waals surface area (Å²) in [7, 11) is 1.70. The van der Waals surface area contributed by atoms with E-state index in [0.29, 0.717) is 19.4 Å². The minimum Gasteiger partial charge on any atom is -0.481 e. The van der Waals surface area contributed by atoms with E-state index in [9.17, 15) is 14.7 Å². The van der Waals surface area contributed by atoms with E-state index in [1.54, 1.807) is 11.9 Å². The maximum absolute atomic E-state index is 12.4. The highest BCUT2D eigenvalue weighted by Gasteiger charge is 2.42. The van der Waals surface area contributed by atoms with Crippen LogP contribution in [0.15, 0.2) is 16.5 Å². The number of furan rings is 1. The molecular weight excluding hydrogens is 258 g/mol. The summed E-state index contributed by atoms with van der Waals surface area (Å²) < 4.78 is 5.45. The van der Waals surface area contributed by atoms with Gasteiger partial charge in [-0.3, -0.25) is 9.59 Å². The second-order valence-corrected chi connectivity index (χ2v) is 5.83. The van der Waals surface area contributed by atoms with E-state index in [1.807, 2.05) is 26.0 Å². The number of hydrogen-bond acceptors (Lipinski definition) is 3. The summed E-state index contributed by atoms with van der Waals surface area (Å²) in [4.78, 5) is 25.3. The van der Waals surface area contributed by atoms with Crippen LogP contribution in [0.1, 0.15) is 31.3 Å². The molecule has 2 rings (SSSR count). The third-order valence-electron chi connectivity index (χ3n) is 4.00. The zero-order valence-corrected chi connectivity index (χ0v) is 12.1. The predicted octanol–water partition coefficient (Wildman–Crippen LogP) is 2.29. The molecule has 5 nitrogen and oxygen atoms in total. The molecule has 110 valence electrons. The first kappa shape index (κ1) is 14.6. The van der Waals surface area contributed by atoms with E-state index in [1.165, 1.54) is 0 Å². The zero-order chi connectivity index (χ0) is 14.9. The highest BCUT2D eigenvalue weighted by molar-refractivity contribution is 5.85. The standard InChI is InChI=1S/C15H21NO4/c1-9-6-12(13(7-9)15(18)19)14(17)16(3)8-11-5-4-10(2)20-11/h4-5,9,12-13H,6-8H2,1-3H3,(H,18,19)/t9?,12-,13+/m0/s1. The van der Waals surface area contributed by atoms with Gasteiger partial charge in [-0.05, 0) is 37.8 Å². The van der Waals surface area contributed by atoms with E-state index in [2.05, 4.69) is 0 Å². The summed E-state index contributed by atoms with van der Waals surface area (Å²) in [5.41, 5.74) is 0. The molecule has 1 aliphatic carbocycles. The van der Waals surface area contributed by atoms with Gasteiger partial charge in [0.15, 0.2) is 0 Å². The van der Waals surface area contributed by atoms with Crippen LogP contribution in [0.4, 0.5) is 0 Å². The third-order valence-corrected chi connectivity index (χ3v) is 4.00. The van der Waals surface area contributed by atoms with Crippen LogP contribution in [-0.4, -0.2) is 28.9 Å². The topological polar surface area (TPSA) is 70.8 Å². The van der Waals surface area contributed by atoms with Crippen molar-refractivity contribution < 1.29 is 19.1 Å². The van der Waals surface area contributed by atoms with Crippen LogP contribution in [0.3, 0.4) is 0 Å². The van der Waals surface area contributed by atoms with Gasteiger partial charge in [0, 0.05) is 7.05 Å². The number of amides is 1. The van der Waals surface area contributed by atoms with Crippen LogP contribution in [0.2, 0.25) is 0 Å². The van der Waals surface area contributed by atoms with Crippen LogP contribution in [0, 0.1) is 24.7 Å². The Balaban J connectivity index is 2.04. The lowest BCUT2D eigenvalue weighted by Gasteiger charge is -2.22. The number of nitrogens with zero attached hydrogens (tertiary/aromatic N) is 1. The smallest absolute Gasteiger partial charge is 0.307 e. The monoisotopic (exact) mass is 279 g/mol. The first-order valence-electron chi connectivity index (χ1n) is 6.91. The molecule has 1 saturated carbocycles. The molecule has 0 saturated heterocycles. The van der Waals surface area contributed by atoms with Gasteiger partial charge in [-0.2, -0.15) is 0 Å². The molecule has 20 heavy (non-hydrogen) atoms. The first-order valence-corrected chi connectivity index (χ1v) is 6.91. The number of hydrogen-bond donors (Lipinski definition) is 1. The number of aryl methyl sites for hydroxylation is 1. The summed E-state index contributed by atoms with van der Waals surface area (Å²) in [6.07, 6.45) is 1.23. The lowest BCUT2D eigenvalue weighted by Crippen LogP contribution is -2.36. The normalized spacial score (nSPS) is 25.6. The number of carboxylic acid groups (broad SMARTS) is 1. The molecule has 1 heterocycles. The largest absolute Gasteiger partial charge is 0.481 e. The maximum atomic E-state index is 12.4. The molecule has 1 aromatic rings. The molecule has 1 aromatic heterocycles. The second kappa shape index (κ2) is 5.69. The van der Waals surface area contributed by atoms with Crippen molar-refractivity contribution in [1.82, 2.24) is 4.90 Å². The Bertz CT molecular complexity index is 508.